The quantitative estimate of drug-likeness (QED) is 0.778. The van der Waals surface area contributed by atoms with Crippen LogP contribution in [-0.2, 0) is 11.3 Å². The number of aromatic nitrogens is 2. The lowest BCUT2D eigenvalue weighted by molar-refractivity contribution is -0.128. The van der Waals surface area contributed by atoms with Gasteiger partial charge < -0.3 is 15.6 Å². The molecule has 1 aliphatic rings. The molecule has 1 aromatic rings. The van der Waals surface area contributed by atoms with E-state index in [4.69, 9.17) is 5.73 Å². The van der Waals surface area contributed by atoms with E-state index >= 15 is 0 Å². The minimum atomic E-state index is -0.637. The maximum Gasteiger partial charge on any atom is 0.240 e. The Morgan fingerprint density at radius 1 is 1.55 bits per heavy atom. The molecule has 2 rings (SSSR count). The van der Waals surface area contributed by atoms with Crippen molar-refractivity contribution >= 4 is 5.91 Å². The summed E-state index contributed by atoms with van der Waals surface area (Å²) >= 11 is 0. The number of amides is 1. The van der Waals surface area contributed by atoms with Crippen molar-refractivity contribution in [2.24, 2.45) is 11.7 Å². The van der Waals surface area contributed by atoms with E-state index in [1.165, 1.54) is 6.42 Å². The first kappa shape index (κ1) is 15.0. The van der Waals surface area contributed by atoms with Crippen LogP contribution in [0.25, 0.3) is 0 Å². The summed E-state index contributed by atoms with van der Waals surface area (Å²) in [4.78, 5) is 16.2. The lowest BCUT2D eigenvalue weighted by Gasteiger charge is -2.35. The number of nitrogens with two attached hydrogens (primary N) is 1. The summed E-state index contributed by atoms with van der Waals surface area (Å²) in [6, 6.07) is 0. The molecule has 0 bridgehead atoms. The maximum absolute atomic E-state index is 12.2. The molecule has 3 N–H and O–H groups in total. The summed E-state index contributed by atoms with van der Waals surface area (Å²) < 4.78 is 2.05. The van der Waals surface area contributed by atoms with Crippen LogP contribution in [0.1, 0.15) is 45.4 Å². The van der Waals surface area contributed by atoms with Crippen LogP contribution >= 0.6 is 0 Å². The van der Waals surface area contributed by atoms with Crippen molar-refractivity contribution in [1.29, 1.82) is 0 Å². The molecule has 0 aliphatic heterocycles. The van der Waals surface area contributed by atoms with Gasteiger partial charge in [0.15, 0.2) is 0 Å². The summed E-state index contributed by atoms with van der Waals surface area (Å²) in [7, 11) is 0. The molecule has 2 unspecified atom stereocenters. The molecule has 1 amide bonds. The van der Waals surface area contributed by atoms with Gasteiger partial charge in [-0.1, -0.05) is 19.8 Å². The number of hydrogen-bond acceptors (Lipinski definition) is 3. The number of carbonyl (C=O) groups is 1. The first-order valence-electron chi connectivity index (χ1n) is 7.63. The second kappa shape index (κ2) is 6.88. The van der Waals surface area contributed by atoms with E-state index in [1.54, 1.807) is 6.20 Å². The van der Waals surface area contributed by atoms with Crippen molar-refractivity contribution < 1.29 is 4.79 Å². The average Bonchev–Trinajstić information content (AvgIpc) is 2.91. The lowest BCUT2D eigenvalue weighted by Crippen LogP contribution is -2.56. The average molecular weight is 278 g/mol. The van der Waals surface area contributed by atoms with Crippen molar-refractivity contribution in [3.63, 3.8) is 0 Å². The van der Waals surface area contributed by atoms with Gasteiger partial charge in [-0.3, -0.25) is 4.79 Å². The van der Waals surface area contributed by atoms with Crippen molar-refractivity contribution in [2.75, 3.05) is 6.54 Å². The Morgan fingerprint density at radius 3 is 3.10 bits per heavy atom. The van der Waals surface area contributed by atoms with Crippen molar-refractivity contribution in [3.05, 3.63) is 18.7 Å². The Labute approximate surface area is 120 Å². The van der Waals surface area contributed by atoms with Gasteiger partial charge >= 0.3 is 0 Å². The van der Waals surface area contributed by atoms with Gasteiger partial charge in [-0.2, -0.15) is 0 Å². The largest absolute Gasteiger partial charge is 0.355 e. The van der Waals surface area contributed by atoms with Gasteiger partial charge in [0.1, 0.15) is 0 Å². The topological polar surface area (TPSA) is 72.9 Å². The highest BCUT2D eigenvalue weighted by atomic mass is 16.2. The molecular weight excluding hydrogens is 252 g/mol. The van der Waals surface area contributed by atoms with Gasteiger partial charge in [0.05, 0.1) is 11.9 Å². The molecule has 0 radical (unpaired) electrons. The molecule has 2 atom stereocenters. The fraction of sp³-hybridized carbons (Fsp3) is 0.733. The smallest absolute Gasteiger partial charge is 0.240 e. The zero-order chi connectivity index (χ0) is 14.4. The minimum absolute atomic E-state index is 0.0340. The molecule has 0 saturated heterocycles. The molecule has 20 heavy (non-hydrogen) atoms. The molecule has 0 spiro atoms. The standard InChI is InChI=1S/C15H26N4O/c1-13-5-4-6-15(16,11-13)14(20)18-7-2-3-9-19-10-8-17-12-19/h8,10,12-13H,2-7,9,11,16H2,1H3,(H,18,20). The number of aryl methyl sites for hydroxylation is 1. The summed E-state index contributed by atoms with van der Waals surface area (Å²) in [6.07, 6.45) is 11.4. The van der Waals surface area contributed by atoms with E-state index in [-0.39, 0.29) is 5.91 Å². The van der Waals surface area contributed by atoms with Crippen molar-refractivity contribution in [1.82, 2.24) is 14.9 Å². The van der Waals surface area contributed by atoms with Crippen LogP contribution in [0.2, 0.25) is 0 Å². The van der Waals surface area contributed by atoms with E-state index in [1.807, 2.05) is 12.5 Å². The number of carbonyl (C=O) groups excluding carboxylic acids is 1. The predicted octanol–water partition coefficient (Wildman–Crippen LogP) is 1.69. The Morgan fingerprint density at radius 2 is 2.40 bits per heavy atom. The van der Waals surface area contributed by atoms with E-state index in [9.17, 15) is 4.79 Å². The zero-order valence-electron chi connectivity index (χ0n) is 12.3. The van der Waals surface area contributed by atoms with Gasteiger partial charge in [-0.05, 0) is 31.6 Å². The van der Waals surface area contributed by atoms with Crippen LogP contribution < -0.4 is 11.1 Å². The van der Waals surface area contributed by atoms with E-state index in [0.717, 1.165) is 38.6 Å². The third-order valence-electron chi connectivity index (χ3n) is 4.17. The first-order valence-corrected chi connectivity index (χ1v) is 7.63. The Hall–Kier alpha value is -1.36. The van der Waals surface area contributed by atoms with Crippen molar-refractivity contribution in [2.45, 2.75) is 57.5 Å². The Bertz CT molecular complexity index is 418. The predicted molar refractivity (Wildman–Crippen MR) is 79.0 cm³/mol. The summed E-state index contributed by atoms with van der Waals surface area (Å²) in [5.74, 6) is 0.590. The minimum Gasteiger partial charge on any atom is -0.355 e. The molecule has 1 saturated carbocycles. The first-order chi connectivity index (χ1) is 9.60. The molecule has 0 aromatic carbocycles. The number of nitrogens with zero attached hydrogens (tertiary/aromatic N) is 2. The second-order valence-corrected chi connectivity index (χ2v) is 6.12. The van der Waals surface area contributed by atoms with Crippen LogP contribution in [-0.4, -0.2) is 27.5 Å². The van der Waals surface area contributed by atoms with Crippen molar-refractivity contribution in [3.8, 4) is 0 Å². The van der Waals surface area contributed by atoms with Crippen LogP contribution in [0.3, 0.4) is 0 Å². The summed E-state index contributed by atoms with van der Waals surface area (Å²) in [5.41, 5.74) is 5.62. The Kier molecular flexibility index (Phi) is 5.17. The molecular formula is C15H26N4O. The molecule has 1 aromatic heterocycles. The highest BCUT2D eigenvalue weighted by Crippen LogP contribution is 2.30. The zero-order valence-corrected chi connectivity index (χ0v) is 12.3. The van der Waals surface area contributed by atoms with E-state index < -0.39 is 5.54 Å². The number of nitrogens with one attached hydrogen (secondary N) is 1. The van der Waals surface area contributed by atoms with Crippen LogP contribution in [0, 0.1) is 5.92 Å². The van der Waals surface area contributed by atoms with Gasteiger partial charge in [0.25, 0.3) is 0 Å². The number of imidazole rings is 1. The normalized spacial score (nSPS) is 26.4. The fourth-order valence-corrected chi connectivity index (χ4v) is 3.01. The third kappa shape index (κ3) is 4.07. The van der Waals surface area contributed by atoms with Gasteiger partial charge in [0, 0.05) is 25.5 Å². The van der Waals surface area contributed by atoms with Gasteiger partial charge in [0.2, 0.25) is 5.91 Å². The molecule has 1 aliphatic carbocycles. The van der Waals surface area contributed by atoms with Crippen LogP contribution in [0.5, 0.6) is 0 Å². The van der Waals surface area contributed by atoms with Gasteiger partial charge in [-0.25, -0.2) is 4.98 Å². The number of hydrogen-bond donors (Lipinski definition) is 2. The lowest BCUT2D eigenvalue weighted by atomic mass is 9.76. The molecule has 112 valence electrons. The van der Waals surface area contributed by atoms with Crippen LogP contribution in [0.15, 0.2) is 18.7 Å². The number of unbranched alkanes of at least 4 members (excludes halogenated alkanes) is 1. The fourth-order valence-electron chi connectivity index (χ4n) is 3.01. The van der Waals surface area contributed by atoms with E-state index in [0.29, 0.717) is 12.5 Å². The highest BCUT2D eigenvalue weighted by molar-refractivity contribution is 5.86. The molecule has 5 heteroatoms. The second-order valence-electron chi connectivity index (χ2n) is 6.12. The number of rotatable bonds is 6. The van der Waals surface area contributed by atoms with Crippen LogP contribution in [0.4, 0.5) is 0 Å². The maximum atomic E-state index is 12.2. The highest BCUT2D eigenvalue weighted by Gasteiger charge is 2.37. The van der Waals surface area contributed by atoms with Gasteiger partial charge in [-0.15, -0.1) is 0 Å². The summed E-state index contributed by atoms with van der Waals surface area (Å²) in [5, 5.41) is 3.00. The summed E-state index contributed by atoms with van der Waals surface area (Å²) in [6.45, 7) is 3.83. The third-order valence-corrected chi connectivity index (χ3v) is 4.17. The molecule has 5 nitrogen and oxygen atoms in total. The molecule has 1 fully saturated rings. The Balaban J connectivity index is 1.64. The SMILES string of the molecule is CC1CCCC(N)(C(=O)NCCCCn2ccnc2)C1. The monoisotopic (exact) mass is 278 g/mol. The van der Waals surface area contributed by atoms with E-state index in [2.05, 4.69) is 21.8 Å². The molecule has 1 heterocycles.